The molecule has 5 aromatic rings. The van der Waals surface area contributed by atoms with Gasteiger partial charge in [0.2, 0.25) is 0 Å². The van der Waals surface area contributed by atoms with Crippen LogP contribution in [0.3, 0.4) is 0 Å². The van der Waals surface area contributed by atoms with Crippen molar-refractivity contribution in [3.8, 4) is 22.4 Å². The third-order valence-corrected chi connectivity index (χ3v) is 5.33. The lowest BCUT2D eigenvalue weighted by Gasteiger charge is -2.22. The first kappa shape index (κ1) is 18.3. The molecular weight excluding hydrogens is 383 g/mol. The van der Waals surface area contributed by atoms with E-state index in [4.69, 9.17) is 0 Å². The normalized spacial score (nSPS) is 13.6. The Bertz CT molecular complexity index is 1360. The molecule has 0 fully saturated rings. The molecule has 4 heterocycles. The van der Waals surface area contributed by atoms with Crippen LogP contribution in [0.2, 0.25) is 0 Å². The van der Waals surface area contributed by atoms with E-state index in [2.05, 4.69) is 25.3 Å². The number of nitrogens with zero attached hydrogens (tertiary/aromatic N) is 4. The minimum absolute atomic E-state index is 0.404. The summed E-state index contributed by atoms with van der Waals surface area (Å²) in [5.74, 6) is -0.404. The first-order valence-electron chi connectivity index (χ1n) is 9.42. The number of aromatic amines is 2. The van der Waals surface area contributed by atoms with Gasteiger partial charge in [-0.25, -0.2) is 9.37 Å². The van der Waals surface area contributed by atoms with E-state index < -0.39 is 11.4 Å². The molecule has 1 aromatic carbocycles. The van der Waals surface area contributed by atoms with Crippen LogP contribution in [-0.4, -0.2) is 35.1 Å². The smallest absolute Gasteiger partial charge is 0.137 e. The van der Waals surface area contributed by atoms with Crippen molar-refractivity contribution in [2.75, 3.05) is 0 Å². The Hall–Kier alpha value is -3.78. The molecule has 8 heteroatoms. The van der Waals surface area contributed by atoms with E-state index in [1.54, 1.807) is 42.2 Å². The van der Waals surface area contributed by atoms with Crippen LogP contribution >= 0.6 is 0 Å². The van der Waals surface area contributed by atoms with Crippen LogP contribution < -0.4 is 0 Å². The number of hydrogen-bond donors (Lipinski definition) is 3. The van der Waals surface area contributed by atoms with Gasteiger partial charge in [0.1, 0.15) is 17.1 Å². The quantitative estimate of drug-likeness (QED) is 0.427. The molecule has 4 aromatic heterocycles. The summed E-state index contributed by atoms with van der Waals surface area (Å²) in [6.45, 7) is 1.61. The molecule has 5 rings (SSSR count). The summed E-state index contributed by atoms with van der Waals surface area (Å²) < 4.78 is 15.4. The third-order valence-electron chi connectivity index (χ3n) is 5.33. The summed E-state index contributed by atoms with van der Waals surface area (Å²) in [7, 11) is 1.87. The Balaban J connectivity index is 1.56. The Morgan fingerprint density at radius 2 is 2.00 bits per heavy atom. The number of aryl methyl sites for hydroxylation is 1. The number of pyridine rings is 1. The molecule has 1 unspecified atom stereocenters. The van der Waals surface area contributed by atoms with E-state index in [0.29, 0.717) is 17.0 Å². The van der Waals surface area contributed by atoms with E-state index in [0.717, 1.165) is 27.7 Å². The zero-order chi connectivity index (χ0) is 20.9. The van der Waals surface area contributed by atoms with E-state index >= 15 is 0 Å². The number of aromatic nitrogens is 6. The van der Waals surface area contributed by atoms with Gasteiger partial charge in [0.25, 0.3) is 0 Å². The Labute approximate surface area is 171 Å². The number of nitrogens with one attached hydrogen (secondary N) is 2. The maximum Gasteiger partial charge on any atom is 0.137 e. The van der Waals surface area contributed by atoms with Gasteiger partial charge in [-0.15, -0.1) is 0 Å². The first-order chi connectivity index (χ1) is 14.4. The van der Waals surface area contributed by atoms with Crippen molar-refractivity contribution in [1.82, 2.24) is 29.9 Å². The van der Waals surface area contributed by atoms with E-state index in [1.807, 2.05) is 25.5 Å². The Morgan fingerprint density at radius 1 is 1.13 bits per heavy atom. The topological polar surface area (TPSA) is 95.4 Å². The second kappa shape index (κ2) is 6.64. The van der Waals surface area contributed by atoms with Gasteiger partial charge < -0.3 is 10.1 Å². The average molecular weight is 402 g/mol. The molecule has 0 spiro atoms. The fourth-order valence-corrected chi connectivity index (χ4v) is 3.60. The number of rotatable bonds is 4. The summed E-state index contributed by atoms with van der Waals surface area (Å²) in [6, 6.07) is 9.71. The molecule has 0 amide bonds. The zero-order valence-electron chi connectivity index (χ0n) is 16.4. The largest absolute Gasteiger partial charge is 0.379 e. The molecule has 0 aliphatic rings. The number of fused-ring (bicyclic) bond motifs is 1. The highest BCUT2D eigenvalue weighted by Gasteiger charge is 2.29. The minimum Gasteiger partial charge on any atom is -0.379 e. The van der Waals surface area contributed by atoms with Gasteiger partial charge in [-0.05, 0) is 36.8 Å². The third kappa shape index (κ3) is 2.98. The van der Waals surface area contributed by atoms with Crippen LogP contribution in [0.15, 0.2) is 61.2 Å². The highest BCUT2D eigenvalue weighted by Crippen LogP contribution is 2.34. The van der Waals surface area contributed by atoms with Crippen LogP contribution in [0, 0.1) is 5.82 Å². The summed E-state index contributed by atoms with van der Waals surface area (Å²) in [5, 5.41) is 23.4. The molecule has 0 saturated heterocycles. The summed E-state index contributed by atoms with van der Waals surface area (Å²) in [5.41, 5.74) is 3.64. The molecule has 0 bridgehead atoms. The number of aliphatic hydroxyl groups is 1. The summed E-state index contributed by atoms with van der Waals surface area (Å²) >= 11 is 0. The molecule has 0 aliphatic heterocycles. The second-order valence-electron chi connectivity index (χ2n) is 7.47. The molecule has 0 radical (unpaired) electrons. The van der Waals surface area contributed by atoms with Gasteiger partial charge in [0.15, 0.2) is 0 Å². The number of hydrogen-bond acceptors (Lipinski definition) is 4. The van der Waals surface area contributed by atoms with Crippen molar-refractivity contribution in [2.24, 2.45) is 7.05 Å². The van der Waals surface area contributed by atoms with Crippen LogP contribution in [0.5, 0.6) is 0 Å². The molecular formula is C22H19FN6O. The van der Waals surface area contributed by atoms with E-state index in [1.165, 1.54) is 12.1 Å². The lowest BCUT2D eigenvalue weighted by Crippen LogP contribution is -2.23. The molecule has 1 atom stereocenters. The van der Waals surface area contributed by atoms with Crippen molar-refractivity contribution in [2.45, 2.75) is 12.5 Å². The Morgan fingerprint density at radius 3 is 2.77 bits per heavy atom. The number of H-pyrrole nitrogens is 2. The minimum atomic E-state index is -1.42. The molecule has 30 heavy (non-hydrogen) atoms. The van der Waals surface area contributed by atoms with Gasteiger partial charge >= 0.3 is 0 Å². The first-order valence-corrected chi connectivity index (χ1v) is 9.42. The highest BCUT2D eigenvalue weighted by atomic mass is 19.1. The lowest BCUT2D eigenvalue weighted by molar-refractivity contribution is 0.0969. The molecule has 0 aliphatic carbocycles. The standard InChI is InChI=1S/C22H19FN6O/c1-22(30,15-4-3-5-16(23)7-15)20-8-19(27-28-20)18-11-25-21-17(18)6-13(9-24-21)14-10-26-29(2)12-14/h3-12,30H,1-2H3,(H,24,25)(H,27,28). The van der Waals surface area contributed by atoms with E-state index in [-0.39, 0.29) is 0 Å². The van der Waals surface area contributed by atoms with Gasteiger partial charge in [0, 0.05) is 47.7 Å². The van der Waals surface area contributed by atoms with Crippen molar-refractivity contribution >= 4 is 11.0 Å². The fourth-order valence-electron chi connectivity index (χ4n) is 3.60. The Kier molecular flexibility index (Phi) is 4.04. The van der Waals surface area contributed by atoms with Gasteiger partial charge in [-0.3, -0.25) is 9.78 Å². The number of benzene rings is 1. The zero-order valence-corrected chi connectivity index (χ0v) is 16.4. The predicted molar refractivity (Wildman–Crippen MR) is 111 cm³/mol. The van der Waals surface area contributed by atoms with Crippen molar-refractivity contribution < 1.29 is 9.50 Å². The van der Waals surface area contributed by atoms with Gasteiger partial charge in [-0.1, -0.05) is 12.1 Å². The summed E-state index contributed by atoms with van der Waals surface area (Å²) in [6.07, 6.45) is 7.35. The van der Waals surface area contributed by atoms with E-state index in [9.17, 15) is 9.50 Å². The van der Waals surface area contributed by atoms with Crippen LogP contribution in [0.1, 0.15) is 18.2 Å². The number of halogens is 1. The van der Waals surface area contributed by atoms with Crippen LogP contribution in [0.4, 0.5) is 4.39 Å². The van der Waals surface area contributed by atoms with Gasteiger partial charge in [-0.2, -0.15) is 10.2 Å². The molecule has 150 valence electrons. The molecule has 7 nitrogen and oxygen atoms in total. The monoisotopic (exact) mass is 402 g/mol. The van der Waals surface area contributed by atoms with Crippen LogP contribution in [-0.2, 0) is 12.6 Å². The SMILES string of the molecule is Cn1cc(-c2cnc3[nH]cc(-c4cc(C(C)(O)c5cccc(F)c5)[nH]n4)c3c2)cn1. The average Bonchev–Trinajstić information content (AvgIpc) is 3.46. The van der Waals surface area contributed by atoms with Crippen molar-refractivity contribution in [3.63, 3.8) is 0 Å². The molecule has 3 N–H and O–H groups in total. The molecule has 0 saturated carbocycles. The highest BCUT2D eigenvalue weighted by molar-refractivity contribution is 5.94. The second-order valence-corrected chi connectivity index (χ2v) is 7.47. The van der Waals surface area contributed by atoms with Crippen LogP contribution in [0.25, 0.3) is 33.4 Å². The fraction of sp³-hybridized carbons (Fsp3) is 0.136. The summed E-state index contributed by atoms with van der Waals surface area (Å²) in [4.78, 5) is 7.66. The van der Waals surface area contributed by atoms with Gasteiger partial charge in [0.05, 0.1) is 17.6 Å². The predicted octanol–water partition coefficient (Wildman–Crippen LogP) is 3.75. The maximum atomic E-state index is 13.6. The van der Waals surface area contributed by atoms with Crippen molar-refractivity contribution in [1.29, 1.82) is 0 Å². The van der Waals surface area contributed by atoms with Crippen molar-refractivity contribution in [3.05, 3.63) is 78.3 Å². The maximum absolute atomic E-state index is 13.6. The lowest BCUT2D eigenvalue weighted by atomic mass is 9.92.